The van der Waals surface area contributed by atoms with E-state index in [4.69, 9.17) is 10.3 Å². The van der Waals surface area contributed by atoms with E-state index in [9.17, 15) is 0 Å². The first-order chi connectivity index (χ1) is 5.70. The van der Waals surface area contributed by atoms with Crippen LogP contribution in [0.25, 0.3) is 11.0 Å². The first kappa shape index (κ1) is 7.16. The van der Waals surface area contributed by atoms with Crippen molar-refractivity contribution in [2.75, 3.05) is 5.73 Å². The van der Waals surface area contributed by atoms with Gasteiger partial charge >= 0.3 is 0 Å². The molecule has 1 heterocycles. The van der Waals surface area contributed by atoms with Crippen LogP contribution in [0.15, 0.2) is 16.7 Å². The van der Waals surface area contributed by atoms with Crippen molar-refractivity contribution in [3.05, 3.63) is 23.3 Å². The number of nitrogens with two attached hydrogens (primary N) is 1. The van der Waals surface area contributed by atoms with Gasteiger partial charge in [0, 0.05) is 0 Å². The molecule has 1 aromatic heterocycles. The SMILES string of the molecule is Cc1ccc(C)c2c(N)noc12. The Bertz CT molecular complexity index is 431. The van der Waals surface area contributed by atoms with Crippen molar-refractivity contribution in [2.45, 2.75) is 13.8 Å². The zero-order valence-corrected chi connectivity index (χ0v) is 7.09. The third kappa shape index (κ3) is 0.794. The molecule has 0 bridgehead atoms. The third-order valence-corrected chi connectivity index (χ3v) is 2.05. The summed E-state index contributed by atoms with van der Waals surface area (Å²) >= 11 is 0. The van der Waals surface area contributed by atoms with Crippen molar-refractivity contribution in [3.8, 4) is 0 Å². The van der Waals surface area contributed by atoms with Crippen LogP contribution >= 0.6 is 0 Å². The predicted molar refractivity (Wildman–Crippen MR) is 47.9 cm³/mol. The second-order valence-electron chi connectivity index (χ2n) is 2.97. The van der Waals surface area contributed by atoms with Gasteiger partial charge in [0.2, 0.25) is 0 Å². The first-order valence-electron chi connectivity index (χ1n) is 3.81. The first-order valence-corrected chi connectivity index (χ1v) is 3.81. The van der Waals surface area contributed by atoms with Gasteiger partial charge in [-0.2, -0.15) is 0 Å². The molecule has 3 nitrogen and oxygen atoms in total. The Morgan fingerprint density at radius 2 is 1.92 bits per heavy atom. The van der Waals surface area contributed by atoms with E-state index in [0.29, 0.717) is 5.82 Å². The molecule has 12 heavy (non-hydrogen) atoms. The minimum Gasteiger partial charge on any atom is -0.380 e. The van der Waals surface area contributed by atoms with E-state index in [1.54, 1.807) is 0 Å². The molecule has 2 aromatic rings. The molecule has 0 radical (unpaired) electrons. The number of fused-ring (bicyclic) bond motifs is 1. The lowest BCUT2D eigenvalue weighted by Gasteiger charge is -1.96. The van der Waals surface area contributed by atoms with Crippen molar-refractivity contribution in [1.82, 2.24) is 5.16 Å². The van der Waals surface area contributed by atoms with Crippen LogP contribution in [0.3, 0.4) is 0 Å². The fourth-order valence-corrected chi connectivity index (χ4v) is 1.36. The number of benzene rings is 1. The Labute approximate surface area is 70.1 Å². The van der Waals surface area contributed by atoms with Crippen LogP contribution in [0.2, 0.25) is 0 Å². The zero-order valence-electron chi connectivity index (χ0n) is 7.09. The molecule has 0 saturated heterocycles. The third-order valence-electron chi connectivity index (χ3n) is 2.05. The van der Waals surface area contributed by atoms with Gasteiger partial charge in [-0.1, -0.05) is 17.3 Å². The number of hydrogen-bond acceptors (Lipinski definition) is 3. The summed E-state index contributed by atoms with van der Waals surface area (Å²) in [5.74, 6) is 0.478. The average molecular weight is 162 g/mol. The molecule has 2 N–H and O–H groups in total. The molecule has 0 spiro atoms. The standard InChI is InChI=1S/C9H10N2O/c1-5-3-4-6(2)8-7(5)9(10)11-12-8/h3-4H,1-2H3,(H2,10,11). The minimum absolute atomic E-state index is 0.478. The van der Waals surface area contributed by atoms with Crippen LogP contribution in [0.4, 0.5) is 5.82 Å². The fourth-order valence-electron chi connectivity index (χ4n) is 1.36. The fraction of sp³-hybridized carbons (Fsp3) is 0.222. The maximum atomic E-state index is 5.64. The van der Waals surface area contributed by atoms with Crippen LogP contribution in [-0.2, 0) is 0 Å². The van der Waals surface area contributed by atoms with E-state index in [2.05, 4.69) is 5.16 Å². The molecular weight excluding hydrogens is 152 g/mol. The van der Waals surface area contributed by atoms with E-state index in [1.165, 1.54) is 0 Å². The Kier molecular flexibility index (Phi) is 1.33. The Balaban J connectivity index is 2.98. The van der Waals surface area contributed by atoms with Gasteiger partial charge in [-0.15, -0.1) is 0 Å². The summed E-state index contributed by atoms with van der Waals surface area (Å²) in [6.45, 7) is 3.97. The monoisotopic (exact) mass is 162 g/mol. The highest BCUT2D eigenvalue weighted by Crippen LogP contribution is 2.26. The van der Waals surface area contributed by atoms with Crippen molar-refractivity contribution in [1.29, 1.82) is 0 Å². The van der Waals surface area contributed by atoms with Crippen LogP contribution in [0, 0.1) is 13.8 Å². The van der Waals surface area contributed by atoms with Crippen LogP contribution in [0.1, 0.15) is 11.1 Å². The van der Waals surface area contributed by atoms with Crippen molar-refractivity contribution in [3.63, 3.8) is 0 Å². The number of aromatic nitrogens is 1. The van der Waals surface area contributed by atoms with E-state index >= 15 is 0 Å². The van der Waals surface area contributed by atoms with Crippen LogP contribution < -0.4 is 5.73 Å². The lowest BCUT2D eigenvalue weighted by Crippen LogP contribution is -1.86. The van der Waals surface area contributed by atoms with Gasteiger partial charge in [-0.05, 0) is 25.0 Å². The summed E-state index contributed by atoms with van der Waals surface area (Å²) in [7, 11) is 0. The summed E-state index contributed by atoms with van der Waals surface area (Å²) in [6, 6.07) is 4.02. The second-order valence-corrected chi connectivity index (χ2v) is 2.97. The van der Waals surface area contributed by atoms with Crippen LogP contribution in [-0.4, -0.2) is 5.16 Å². The topological polar surface area (TPSA) is 52.0 Å². The number of nitrogen functional groups attached to an aromatic ring is 1. The summed E-state index contributed by atoms with van der Waals surface area (Å²) < 4.78 is 5.09. The maximum absolute atomic E-state index is 5.64. The van der Waals surface area contributed by atoms with Crippen molar-refractivity contribution >= 4 is 16.8 Å². The molecule has 0 saturated carbocycles. The molecule has 3 heteroatoms. The molecule has 0 fully saturated rings. The highest BCUT2D eigenvalue weighted by atomic mass is 16.5. The molecule has 2 rings (SSSR count). The number of nitrogens with zero attached hydrogens (tertiary/aromatic N) is 1. The molecule has 1 aromatic carbocycles. The molecule has 62 valence electrons. The number of hydrogen-bond donors (Lipinski definition) is 1. The van der Waals surface area contributed by atoms with Gasteiger partial charge in [0.1, 0.15) is 0 Å². The normalized spacial score (nSPS) is 10.8. The molecule has 0 unspecified atom stereocenters. The summed E-state index contributed by atoms with van der Waals surface area (Å²) in [6.07, 6.45) is 0. The van der Waals surface area contributed by atoms with Gasteiger partial charge < -0.3 is 10.3 Å². The average Bonchev–Trinajstić information content (AvgIpc) is 2.42. The van der Waals surface area contributed by atoms with Gasteiger partial charge in [-0.25, -0.2) is 0 Å². The summed E-state index contributed by atoms with van der Waals surface area (Å²) in [5.41, 5.74) is 8.61. The summed E-state index contributed by atoms with van der Waals surface area (Å²) in [5, 5.41) is 4.66. The highest BCUT2D eigenvalue weighted by molar-refractivity contribution is 5.91. The largest absolute Gasteiger partial charge is 0.380 e. The number of aryl methyl sites for hydroxylation is 2. The number of rotatable bonds is 0. The summed E-state index contributed by atoms with van der Waals surface area (Å²) in [4.78, 5) is 0. The smallest absolute Gasteiger partial charge is 0.175 e. The highest BCUT2D eigenvalue weighted by Gasteiger charge is 2.08. The van der Waals surface area contributed by atoms with Crippen molar-refractivity contribution < 1.29 is 4.52 Å². The molecule has 0 amide bonds. The second kappa shape index (κ2) is 2.24. The number of anilines is 1. The predicted octanol–water partition coefficient (Wildman–Crippen LogP) is 2.03. The maximum Gasteiger partial charge on any atom is 0.175 e. The lowest BCUT2D eigenvalue weighted by molar-refractivity contribution is 0.459. The quantitative estimate of drug-likeness (QED) is 0.644. The molecule has 0 atom stereocenters. The minimum atomic E-state index is 0.478. The van der Waals surface area contributed by atoms with E-state index in [-0.39, 0.29) is 0 Å². The molecule has 0 aliphatic carbocycles. The lowest BCUT2D eigenvalue weighted by atomic mass is 10.1. The zero-order chi connectivity index (χ0) is 8.72. The van der Waals surface area contributed by atoms with E-state index in [0.717, 1.165) is 22.1 Å². The van der Waals surface area contributed by atoms with Crippen LogP contribution in [0.5, 0.6) is 0 Å². The van der Waals surface area contributed by atoms with E-state index < -0.39 is 0 Å². The molecule has 0 aliphatic heterocycles. The van der Waals surface area contributed by atoms with Gasteiger partial charge in [-0.3, -0.25) is 0 Å². The Morgan fingerprint density at radius 3 is 2.58 bits per heavy atom. The van der Waals surface area contributed by atoms with Crippen molar-refractivity contribution in [2.24, 2.45) is 0 Å². The Hall–Kier alpha value is -1.51. The Morgan fingerprint density at radius 1 is 1.25 bits per heavy atom. The van der Waals surface area contributed by atoms with Gasteiger partial charge in [0.25, 0.3) is 0 Å². The van der Waals surface area contributed by atoms with E-state index in [1.807, 2.05) is 26.0 Å². The molecule has 0 aliphatic rings. The van der Waals surface area contributed by atoms with Gasteiger partial charge in [0.05, 0.1) is 5.39 Å². The molecular formula is C9H10N2O. The van der Waals surface area contributed by atoms with Gasteiger partial charge in [0.15, 0.2) is 11.4 Å².